The number of hydrogen-bond donors (Lipinski definition) is 2. The van der Waals surface area contributed by atoms with Gasteiger partial charge in [-0.15, -0.1) is 0 Å². The molecule has 3 atom stereocenters. The maximum Gasteiger partial charge on any atom is 0.312 e. The number of carboxylic acid groups (broad SMARTS) is 1. The SMILES string of the molecule is CC1(C)[C@@H]2CC[C@@]1(C(=O)O)C(O)C2. The molecule has 0 heterocycles. The van der Waals surface area contributed by atoms with E-state index >= 15 is 0 Å². The highest BCUT2D eigenvalue weighted by Crippen LogP contribution is 2.65. The minimum absolute atomic E-state index is 0.238. The van der Waals surface area contributed by atoms with Gasteiger partial charge in [-0.05, 0) is 30.6 Å². The molecule has 0 radical (unpaired) electrons. The van der Waals surface area contributed by atoms with E-state index < -0.39 is 17.5 Å². The fourth-order valence-electron chi connectivity index (χ4n) is 3.45. The molecule has 2 aliphatic rings. The monoisotopic (exact) mass is 184 g/mol. The standard InChI is InChI=1S/C10H16O3/c1-9(2)6-3-4-10(9,8(12)13)7(11)5-6/h6-7,11H,3-5H2,1-2H3,(H,12,13)/t6-,7?,10+/m1/s1. The number of carboxylic acids is 1. The lowest BCUT2D eigenvalue weighted by Crippen LogP contribution is -2.45. The highest BCUT2D eigenvalue weighted by molar-refractivity contribution is 5.78. The highest BCUT2D eigenvalue weighted by Gasteiger charge is 2.68. The highest BCUT2D eigenvalue weighted by atomic mass is 16.4. The number of rotatable bonds is 1. The van der Waals surface area contributed by atoms with Crippen molar-refractivity contribution >= 4 is 5.97 Å². The van der Waals surface area contributed by atoms with E-state index in [1.165, 1.54) is 0 Å². The predicted octanol–water partition coefficient (Wildman–Crippen LogP) is 1.26. The Bertz CT molecular complexity index is 259. The maximum absolute atomic E-state index is 11.2. The Labute approximate surface area is 77.8 Å². The molecule has 2 rings (SSSR count). The van der Waals surface area contributed by atoms with Gasteiger partial charge < -0.3 is 10.2 Å². The second-order valence-electron chi connectivity index (χ2n) is 4.99. The van der Waals surface area contributed by atoms with Gasteiger partial charge in [0.05, 0.1) is 11.5 Å². The average Bonchev–Trinajstić information content (AvgIpc) is 2.35. The molecule has 0 aromatic heterocycles. The van der Waals surface area contributed by atoms with Crippen LogP contribution in [0.1, 0.15) is 33.1 Å². The zero-order valence-electron chi connectivity index (χ0n) is 8.08. The average molecular weight is 184 g/mol. The molecule has 0 saturated heterocycles. The second kappa shape index (κ2) is 2.27. The van der Waals surface area contributed by atoms with Gasteiger partial charge >= 0.3 is 5.97 Å². The van der Waals surface area contributed by atoms with Crippen LogP contribution in [0.3, 0.4) is 0 Å². The number of fused-ring (bicyclic) bond motifs is 2. The van der Waals surface area contributed by atoms with Gasteiger partial charge in [-0.3, -0.25) is 4.79 Å². The van der Waals surface area contributed by atoms with Crippen LogP contribution in [-0.4, -0.2) is 22.3 Å². The topological polar surface area (TPSA) is 57.5 Å². The van der Waals surface area contributed by atoms with Gasteiger partial charge in [0.25, 0.3) is 0 Å². The molecule has 0 spiro atoms. The lowest BCUT2D eigenvalue weighted by Gasteiger charge is -2.35. The Morgan fingerprint density at radius 2 is 2.08 bits per heavy atom. The van der Waals surface area contributed by atoms with Gasteiger partial charge in [0, 0.05) is 0 Å². The maximum atomic E-state index is 11.2. The largest absolute Gasteiger partial charge is 0.481 e. The van der Waals surface area contributed by atoms with E-state index in [2.05, 4.69) is 0 Å². The van der Waals surface area contributed by atoms with Crippen LogP contribution in [0.5, 0.6) is 0 Å². The van der Waals surface area contributed by atoms with E-state index in [1.807, 2.05) is 13.8 Å². The van der Waals surface area contributed by atoms with Gasteiger partial charge in [0.2, 0.25) is 0 Å². The van der Waals surface area contributed by atoms with Gasteiger partial charge in [-0.25, -0.2) is 0 Å². The van der Waals surface area contributed by atoms with E-state index in [0.29, 0.717) is 18.8 Å². The van der Waals surface area contributed by atoms with Gasteiger partial charge in [-0.2, -0.15) is 0 Å². The van der Waals surface area contributed by atoms with Crippen molar-refractivity contribution in [2.75, 3.05) is 0 Å². The molecule has 2 saturated carbocycles. The van der Waals surface area contributed by atoms with Crippen LogP contribution in [0.2, 0.25) is 0 Å². The van der Waals surface area contributed by atoms with Crippen LogP contribution in [-0.2, 0) is 4.79 Å². The summed E-state index contributed by atoms with van der Waals surface area (Å²) in [5.41, 5.74) is -1.10. The summed E-state index contributed by atoms with van der Waals surface area (Å²) in [7, 11) is 0. The van der Waals surface area contributed by atoms with Crippen molar-refractivity contribution in [3.05, 3.63) is 0 Å². The Morgan fingerprint density at radius 1 is 1.46 bits per heavy atom. The van der Waals surface area contributed by atoms with E-state index in [0.717, 1.165) is 6.42 Å². The third-order valence-corrected chi connectivity index (χ3v) is 4.52. The van der Waals surface area contributed by atoms with Gasteiger partial charge in [0.15, 0.2) is 0 Å². The molecule has 13 heavy (non-hydrogen) atoms. The number of carbonyl (C=O) groups is 1. The van der Waals surface area contributed by atoms with E-state index in [-0.39, 0.29) is 5.41 Å². The van der Waals surface area contributed by atoms with Crippen molar-refractivity contribution in [3.8, 4) is 0 Å². The van der Waals surface area contributed by atoms with Crippen molar-refractivity contribution < 1.29 is 15.0 Å². The van der Waals surface area contributed by atoms with E-state index in [9.17, 15) is 15.0 Å². The summed E-state index contributed by atoms with van der Waals surface area (Å²) in [6.07, 6.45) is 1.62. The summed E-state index contributed by atoms with van der Waals surface area (Å²) >= 11 is 0. The molecule has 2 aliphatic carbocycles. The Balaban J connectivity index is 2.49. The molecule has 74 valence electrons. The molecule has 0 aliphatic heterocycles. The van der Waals surface area contributed by atoms with Crippen LogP contribution < -0.4 is 0 Å². The first-order chi connectivity index (χ1) is 5.93. The number of aliphatic carboxylic acids is 1. The minimum atomic E-state index is -0.863. The van der Waals surface area contributed by atoms with E-state index in [4.69, 9.17) is 0 Å². The quantitative estimate of drug-likeness (QED) is 0.645. The van der Waals surface area contributed by atoms with Gasteiger partial charge in [0.1, 0.15) is 0 Å². The van der Waals surface area contributed by atoms with Gasteiger partial charge in [-0.1, -0.05) is 13.8 Å². The number of hydrogen-bond acceptors (Lipinski definition) is 2. The van der Waals surface area contributed by atoms with Crippen molar-refractivity contribution in [3.63, 3.8) is 0 Å². The fraction of sp³-hybridized carbons (Fsp3) is 0.900. The molecule has 2 fully saturated rings. The second-order valence-corrected chi connectivity index (χ2v) is 4.99. The van der Waals surface area contributed by atoms with Crippen LogP contribution in [0.15, 0.2) is 0 Å². The third-order valence-electron chi connectivity index (χ3n) is 4.52. The summed E-state index contributed by atoms with van der Waals surface area (Å²) in [5, 5.41) is 19.0. The van der Waals surface area contributed by atoms with E-state index in [1.54, 1.807) is 0 Å². The minimum Gasteiger partial charge on any atom is -0.481 e. The normalized spacial score (nSPS) is 46.7. The molecular weight excluding hydrogens is 168 g/mol. The Morgan fingerprint density at radius 3 is 2.31 bits per heavy atom. The number of aliphatic hydroxyl groups excluding tert-OH is 1. The molecule has 2 N–H and O–H groups in total. The molecular formula is C10H16O3. The van der Waals surface area contributed by atoms with Crippen molar-refractivity contribution in [1.82, 2.24) is 0 Å². The third kappa shape index (κ3) is 0.766. The first kappa shape index (κ1) is 9.00. The Kier molecular flexibility index (Phi) is 1.57. The predicted molar refractivity (Wildman–Crippen MR) is 47.2 cm³/mol. The molecule has 0 aromatic rings. The van der Waals surface area contributed by atoms with Crippen molar-refractivity contribution in [1.29, 1.82) is 0 Å². The zero-order valence-corrected chi connectivity index (χ0v) is 8.08. The molecule has 2 bridgehead atoms. The number of aliphatic hydroxyl groups is 1. The van der Waals surface area contributed by atoms with Crippen molar-refractivity contribution in [2.45, 2.75) is 39.2 Å². The van der Waals surface area contributed by atoms with Crippen LogP contribution >= 0.6 is 0 Å². The van der Waals surface area contributed by atoms with Crippen LogP contribution in [0, 0.1) is 16.7 Å². The summed E-state index contributed by atoms with van der Waals surface area (Å²) in [5.74, 6) is -0.427. The molecule has 0 aromatic carbocycles. The molecule has 0 amide bonds. The summed E-state index contributed by atoms with van der Waals surface area (Å²) in [6, 6.07) is 0. The molecule has 3 heteroatoms. The van der Waals surface area contributed by atoms with Crippen LogP contribution in [0.25, 0.3) is 0 Å². The summed E-state index contributed by atoms with van der Waals surface area (Å²) in [4.78, 5) is 11.2. The summed E-state index contributed by atoms with van der Waals surface area (Å²) < 4.78 is 0. The first-order valence-corrected chi connectivity index (χ1v) is 4.84. The van der Waals surface area contributed by atoms with Crippen molar-refractivity contribution in [2.24, 2.45) is 16.7 Å². The lowest BCUT2D eigenvalue weighted by atomic mass is 9.68. The zero-order chi connectivity index (χ0) is 9.85. The Hall–Kier alpha value is -0.570. The van der Waals surface area contributed by atoms with Crippen LogP contribution in [0.4, 0.5) is 0 Å². The smallest absolute Gasteiger partial charge is 0.312 e. The first-order valence-electron chi connectivity index (χ1n) is 4.84. The fourth-order valence-corrected chi connectivity index (χ4v) is 3.45. The molecule has 1 unspecified atom stereocenters. The summed E-state index contributed by atoms with van der Waals surface area (Å²) in [6.45, 7) is 3.96. The lowest BCUT2D eigenvalue weighted by molar-refractivity contribution is -0.161. The molecule has 3 nitrogen and oxygen atoms in total.